The maximum absolute atomic E-state index is 14.9. The number of carbonyl (C=O) groups is 1. The molecule has 1 aliphatic rings. The second-order valence-corrected chi connectivity index (χ2v) is 12.8. The fourth-order valence-corrected chi connectivity index (χ4v) is 5.92. The minimum atomic E-state index is -0.705. The predicted octanol–water partition coefficient (Wildman–Crippen LogP) is 7.07. The van der Waals surface area contributed by atoms with Gasteiger partial charge in [0.05, 0.1) is 6.61 Å². The van der Waals surface area contributed by atoms with Crippen LogP contribution in [0.5, 0.6) is 5.75 Å². The monoisotopic (exact) mass is 694 g/mol. The number of rotatable bonds is 12. The molecule has 51 heavy (non-hydrogen) atoms. The van der Waals surface area contributed by atoms with Gasteiger partial charge < -0.3 is 29.1 Å². The van der Waals surface area contributed by atoms with Gasteiger partial charge in [0.2, 0.25) is 17.7 Å². The lowest BCUT2D eigenvalue weighted by Crippen LogP contribution is -2.44. The smallest absolute Gasteiger partial charge is 0.413 e. The van der Waals surface area contributed by atoms with Crippen LogP contribution in [0.1, 0.15) is 34.6 Å². The van der Waals surface area contributed by atoms with E-state index in [0.717, 1.165) is 67.0 Å². The zero-order valence-corrected chi connectivity index (χ0v) is 29.6. The van der Waals surface area contributed by atoms with Gasteiger partial charge in [0, 0.05) is 63.2 Å². The molecule has 2 N–H and O–H groups in total. The summed E-state index contributed by atoms with van der Waals surface area (Å²) in [5.74, 6) is 0.969. The van der Waals surface area contributed by atoms with Crippen molar-refractivity contribution in [1.29, 1.82) is 0 Å². The largest absolute Gasteiger partial charge is 0.490 e. The quantitative estimate of drug-likeness (QED) is 0.130. The maximum Gasteiger partial charge on any atom is 0.413 e. The Hall–Kier alpha value is -5.40. The number of benzene rings is 3. The van der Waals surface area contributed by atoms with Crippen LogP contribution in [0, 0.1) is 33.5 Å². The van der Waals surface area contributed by atoms with E-state index < -0.39 is 11.9 Å². The molecule has 1 aliphatic heterocycles. The Balaban J connectivity index is 1.07. The average molecular weight is 695 g/mol. The van der Waals surface area contributed by atoms with E-state index in [0.29, 0.717) is 24.0 Å². The van der Waals surface area contributed by atoms with Gasteiger partial charge >= 0.3 is 6.09 Å². The zero-order valence-electron chi connectivity index (χ0n) is 29.6. The van der Waals surface area contributed by atoms with Crippen molar-refractivity contribution in [2.24, 2.45) is 0 Å². The number of carbonyl (C=O) groups excluding carboxylic acids is 1. The van der Waals surface area contributed by atoms with Crippen molar-refractivity contribution in [3.63, 3.8) is 0 Å². The number of piperazine rings is 1. The highest BCUT2D eigenvalue weighted by molar-refractivity contribution is 5.84. The van der Waals surface area contributed by atoms with Crippen LogP contribution in [0.2, 0.25) is 0 Å². The molecule has 0 spiro atoms. The summed E-state index contributed by atoms with van der Waals surface area (Å²) in [5, 5.41) is 9.69. The van der Waals surface area contributed by atoms with Crippen LogP contribution in [-0.4, -0.2) is 82.4 Å². The van der Waals surface area contributed by atoms with E-state index in [2.05, 4.69) is 80.5 Å². The molecule has 3 heterocycles. The van der Waals surface area contributed by atoms with Gasteiger partial charge in [-0.15, -0.1) is 0 Å². The van der Waals surface area contributed by atoms with Gasteiger partial charge in [0.1, 0.15) is 12.4 Å². The number of likely N-dealkylation sites (N-methyl/N-ethyl adjacent to an activating group) is 1. The first kappa shape index (κ1) is 35.4. The van der Waals surface area contributed by atoms with E-state index >= 15 is 0 Å². The number of anilines is 3. The molecule has 12 nitrogen and oxygen atoms in total. The number of aryl methyl sites for hydroxylation is 2. The third kappa shape index (κ3) is 9.04. The number of amides is 1. The number of nitrogens with one attached hydrogen (secondary N) is 2. The van der Waals surface area contributed by atoms with E-state index in [9.17, 15) is 9.18 Å². The van der Waals surface area contributed by atoms with Gasteiger partial charge in [-0.25, -0.2) is 14.2 Å². The Morgan fingerprint density at radius 1 is 0.941 bits per heavy atom. The molecule has 13 heteroatoms. The Kier molecular flexibility index (Phi) is 11.2. The number of ether oxygens (including phenoxy) is 2. The third-order valence-corrected chi connectivity index (χ3v) is 9.14. The van der Waals surface area contributed by atoms with Gasteiger partial charge in [-0.1, -0.05) is 29.4 Å². The number of aromatic nitrogens is 4. The number of nitrogens with zero attached hydrogens (tertiary/aromatic N) is 6. The summed E-state index contributed by atoms with van der Waals surface area (Å²) in [6.07, 6.45) is 1.60. The van der Waals surface area contributed by atoms with Crippen molar-refractivity contribution in [2.75, 3.05) is 57.0 Å². The number of hydrogen-bond acceptors (Lipinski definition) is 11. The van der Waals surface area contributed by atoms with Gasteiger partial charge in [-0.05, 0) is 91.9 Å². The van der Waals surface area contributed by atoms with Crippen LogP contribution in [0.3, 0.4) is 0 Å². The highest BCUT2D eigenvalue weighted by atomic mass is 19.1. The molecule has 0 atom stereocenters. The molecule has 0 saturated carbocycles. The third-order valence-electron chi connectivity index (χ3n) is 9.14. The fraction of sp³-hybridized carbons (Fsp3) is 0.342. The first-order valence-corrected chi connectivity index (χ1v) is 17.0. The SMILES string of the molecule is Cc1nc(-c2ccc(-c3ccc(C)c(C)c3C)c(COC(=O)Nc3ccnc(Nc4ccc(OCCCN5CCN(C)CC5)c(F)c4)n3)c2)no1. The molecule has 1 fully saturated rings. The van der Waals surface area contributed by atoms with Crippen LogP contribution in [0.25, 0.3) is 22.5 Å². The first-order chi connectivity index (χ1) is 24.6. The van der Waals surface area contributed by atoms with E-state index in [1.165, 1.54) is 29.5 Å². The molecular formula is C38H43FN8O4. The molecule has 3 aromatic carbocycles. The predicted molar refractivity (Wildman–Crippen MR) is 194 cm³/mol. The van der Waals surface area contributed by atoms with Crippen LogP contribution in [-0.2, 0) is 11.3 Å². The zero-order chi connectivity index (χ0) is 35.9. The minimum absolute atomic E-state index is 0.0298. The van der Waals surface area contributed by atoms with Crippen molar-refractivity contribution in [3.05, 3.63) is 94.8 Å². The molecule has 1 saturated heterocycles. The number of hydrogen-bond donors (Lipinski definition) is 2. The molecular weight excluding hydrogens is 651 g/mol. The molecule has 1 amide bonds. The minimum Gasteiger partial charge on any atom is -0.490 e. The molecule has 5 aromatic rings. The Morgan fingerprint density at radius 3 is 2.51 bits per heavy atom. The lowest BCUT2D eigenvalue weighted by molar-refractivity contribution is 0.145. The van der Waals surface area contributed by atoms with Crippen LogP contribution in [0.15, 0.2) is 65.3 Å². The van der Waals surface area contributed by atoms with E-state index in [1.807, 2.05) is 18.2 Å². The van der Waals surface area contributed by atoms with Crippen LogP contribution >= 0.6 is 0 Å². The summed E-state index contributed by atoms with van der Waals surface area (Å²) in [6, 6.07) is 16.1. The van der Waals surface area contributed by atoms with E-state index in [4.69, 9.17) is 14.0 Å². The molecule has 2 aromatic heterocycles. The van der Waals surface area contributed by atoms with Crippen molar-refractivity contribution < 1.29 is 23.2 Å². The maximum atomic E-state index is 14.9. The highest BCUT2D eigenvalue weighted by Gasteiger charge is 2.17. The standard InChI is InChI=1S/C38H43FN8O4/c1-24-7-10-31(26(3)25(24)2)32-11-8-28(36-41-27(4)51-45-36)21-29(32)23-50-38(48)44-35-13-14-40-37(43-35)42-30-9-12-34(33(39)22-30)49-20-6-15-47-18-16-46(5)17-19-47/h7-14,21-22H,6,15-20,23H2,1-5H3,(H2,40,42,43,44,48). The first-order valence-electron chi connectivity index (χ1n) is 17.0. The molecule has 266 valence electrons. The normalized spacial score (nSPS) is 13.6. The molecule has 0 bridgehead atoms. The average Bonchev–Trinajstić information content (AvgIpc) is 3.56. The molecule has 0 unspecified atom stereocenters. The van der Waals surface area contributed by atoms with E-state index in [1.54, 1.807) is 19.1 Å². The molecule has 0 radical (unpaired) electrons. The summed E-state index contributed by atoms with van der Waals surface area (Å²) in [4.78, 5) is 30.6. The summed E-state index contributed by atoms with van der Waals surface area (Å²) in [5.41, 5.74) is 7.44. The van der Waals surface area contributed by atoms with Crippen molar-refractivity contribution in [1.82, 2.24) is 29.9 Å². The van der Waals surface area contributed by atoms with Crippen molar-refractivity contribution in [2.45, 2.75) is 40.7 Å². The van der Waals surface area contributed by atoms with Crippen molar-refractivity contribution in [3.8, 4) is 28.3 Å². The summed E-state index contributed by atoms with van der Waals surface area (Å²) < 4.78 is 31.4. The second-order valence-electron chi connectivity index (χ2n) is 12.8. The Labute approximate surface area is 297 Å². The molecule has 6 rings (SSSR count). The second kappa shape index (κ2) is 16.1. The van der Waals surface area contributed by atoms with Gasteiger partial charge in [-0.3, -0.25) is 5.32 Å². The topological polar surface area (TPSA) is 131 Å². The summed E-state index contributed by atoms with van der Waals surface area (Å²) >= 11 is 0. The Morgan fingerprint density at radius 2 is 1.75 bits per heavy atom. The van der Waals surface area contributed by atoms with E-state index in [-0.39, 0.29) is 24.1 Å². The number of halogens is 1. The van der Waals surface area contributed by atoms with Gasteiger partial charge in [0.25, 0.3) is 0 Å². The highest BCUT2D eigenvalue weighted by Crippen LogP contribution is 2.33. The van der Waals surface area contributed by atoms with Gasteiger partial charge in [0.15, 0.2) is 11.6 Å². The molecule has 0 aliphatic carbocycles. The lowest BCUT2D eigenvalue weighted by atomic mass is 9.91. The fourth-order valence-electron chi connectivity index (χ4n) is 5.92. The lowest BCUT2D eigenvalue weighted by Gasteiger charge is -2.32. The summed E-state index contributed by atoms with van der Waals surface area (Å²) in [7, 11) is 2.13. The van der Waals surface area contributed by atoms with Crippen LogP contribution in [0.4, 0.5) is 26.6 Å². The Bertz CT molecular complexity index is 1990. The summed E-state index contributed by atoms with van der Waals surface area (Å²) in [6.45, 7) is 13.5. The van der Waals surface area contributed by atoms with Crippen LogP contribution < -0.4 is 15.4 Å². The van der Waals surface area contributed by atoms with Crippen molar-refractivity contribution >= 4 is 23.5 Å². The van der Waals surface area contributed by atoms with Gasteiger partial charge in [-0.2, -0.15) is 9.97 Å².